The first-order valence-electron chi connectivity index (χ1n) is 8.34. The van der Waals surface area contributed by atoms with Crippen LogP contribution in [0.2, 0.25) is 0 Å². The van der Waals surface area contributed by atoms with Crippen LogP contribution in [-0.2, 0) is 0 Å². The van der Waals surface area contributed by atoms with Crippen LogP contribution in [0, 0.1) is 22.7 Å². The number of nitrogens with one attached hydrogen (secondary N) is 1. The Labute approximate surface area is 119 Å². The van der Waals surface area contributed by atoms with E-state index in [4.69, 9.17) is 0 Å². The van der Waals surface area contributed by atoms with Crippen molar-refractivity contribution in [3.05, 3.63) is 0 Å². The number of hydrogen-bond acceptors (Lipinski definition) is 2. The van der Waals surface area contributed by atoms with Crippen molar-refractivity contribution >= 4 is 0 Å². The zero-order valence-corrected chi connectivity index (χ0v) is 13.3. The van der Waals surface area contributed by atoms with Crippen molar-refractivity contribution in [3.63, 3.8) is 0 Å². The Morgan fingerprint density at radius 3 is 2.37 bits per heavy atom. The van der Waals surface area contributed by atoms with Crippen molar-refractivity contribution < 1.29 is 0 Å². The Hall–Kier alpha value is -0.0800. The van der Waals surface area contributed by atoms with E-state index in [9.17, 15) is 0 Å². The summed E-state index contributed by atoms with van der Waals surface area (Å²) in [5, 5.41) is 4.01. The number of nitrogens with zero attached hydrogens (tertiary/aromatic N) is 1. The molecule has 1 heterocycles. The zero-order valence-electron chi connectivity index (χ0n) is 13.3. The van der Waals surface area contributed by atoms with E-state index >= 15 is 0 Å². The molecule has 1 aliphatic heterocycles. The summed E-state index contributed by atoms with van der Waals surface area (Å²) < 4.78 is 0. The summed E-state index contributed by atoms with van der Waals surface area (Å²) >= 11 is 0. The van der Waals surface area contributed by atoms with E-state index < -0.39 is 0 Å². The Morgan fingerprint density at radius 1 is 1.11 bits per heavy atom. The van der Waals surface area contributed by atoms with Gasteiger partial charge in [0.1, 0.15) is 0 Å². The average Bonchev–Trinajstić information content (AvgIpc) is 2.82. The fourth-order valence-electron chi connectivity index (χ4n) is 5.36. The topological polar surface area (TPSA) is 15.3 Å². The quantitative estimate of drug-likeness (QED) is 0.842. The lowest BCUT2D eigenvalue weighted by molar-refractivity contribution is 0.0996. The van der Waals surface area contributed by atoms with Crippen LogP contribution in [0.1, 0.15) is 52.9 Å². The van der Waals surface area contributed by atoms with Gasteiger partial charge in [-0.2, -0.15) is 0 Å². The van der Waals surface area contributed by atoms with E-state index in [2.05, 4.69) is 38.0 Å². The highest BCUT2D eigenvalue weighted by molar-refractivity contribution is 5.12. The van der Waals surface area contributed by atoms with Crippen molar-refractivity contribution in [2.75, 3.05) is 26.7 Å². The van der Waals surface area contributed by atoms with Crippen LogP contribution in [0.15, 0.2) is 0 Å². The van der Waals surface area contributed by atoms with E-state index in [1.165, 1.54) is 51.7 Å². The van der Waals surface area contributed by atoms with Gasteiger partial charge in [0, 0.05) is 6.04 Å². The number of rotatable bonds is 3. The first-order valence-corrected chi connectivity index (χ1v) is 8.34. The van der Waals surface area contributed by atoms with Gasteiger partial charge in [0.15, 0.2) is 0 Å². The Balaban J connectivity index is 1.58. The molecule has 2 aliphatic carbocycles. The summed E-state index contributed by atoms with van der Waals surface area (Å²) in [7, 11) is 2.25. The largest absolute Gasteiger partial charge is 0.313 e. The Bertz CT molecular complexity index is 325. The minimum Gasteiger partial charge on any atom is -0.313 e. The van der Waals surface area contributed by atoms with E-state index in [0.717, 1.165) is 17.9 Å². The third kappa shape index (κ3) is 2.35. The molecular weight excluding hydrogens is 232 g/mol. The molecular formula is C17H32N2. The highest BCUT2D eigenvalue weighted by atomic mass is 15.1. The summed E-state index contributed by atoms with van der Waals surface area (Å²) in [5.41, 5.74) is 1.10. The molecule has 2 nitrogen and oxygen atoms in total. The van der Waals surface area contributed by atoms with Crippen LogP contribution < -0.4 is 5.32 Å². The summed E-state index contributed by atoms with van der Waals surface area (Å²) in [5.74, 6) is 1.88. The minimum absolute atomic E-state index is 0.512. The van der Waals surface area contributed by atoms with Crippen LogP contribution in [0.25, 0.3) is 0 Å². The van der Waals surface area contributed by atoms with E-state index in [1.54, 1.807) is 0 Å². The van der Waals surface area contributed by atoms with Crippen LogP contribution >= 0.6 is 0 Å². The first kappa shape index (κ1) is 13.9. The molecule has 1 saturated heterocycles. The molecule has 0 aromatic carbocycles. The molecule has 0 radical (unpaired) electrons. The van der Waals surface area contributed by atoms with Crippen molar-refractivity contribution in [1.29, 1.82) is 0 Å². The Kier molecular flexibility index (Phi) is 3.46. The van der Waals surface area contributed by atoms with Gasteiger partial charge in [-0.15, -0.1) is 0 Å². The van der Waals surface area contributed by atoms with Crippen molar-refractivity contribution in [3.8, 4) is 0 Å². The standard InChI is InChI=1S/C17H32N2/c1-16(2)14-5-8-17(3,11-14)15(16)18-12-13-6-9-19(4)10-7-13/h13-15,18H,5-12H2,1-4H3. The maximum atomic E-state index is 4.01. The lowest BCUT2D eigenvalue weighted by atomic mass is 9.68. The normalized spacial score (nSPS) is 42.9. The maximum Gasteiger partial charge on any atom is 0.0175 e. The predicted molar refractivity (Wildman–Crippen MR) is 81.2 cm³/mol. The summed E-state index contributed by atoms with van der Waals surface area (Å²) in [6.45, 7) is 11.4. The van der Waals surface area contributed by atoms with Crippen molar-refractivity contribution in [1.82, 2.24) is 10.2 Å². The molecule has 2 saturated carbocycles. The maximum absolute atomic E-state index is 4.01. The highest BCUT2D eigenvalue weighted by Crippen LogP contribution is 2.62. The highest BCUT2D eigenvalue weighted by Gasteiger charge is 2.58. The molecule has 3 aliphatic rings. The Morgan fingerprint density at radius 2 is 1.79 bits per heavy atom. The molecule has 0 spiro atoms. The molecule has 3 unspecified atom stereocenters. The van der Waals surface area contributed by atoms with Crippen LogP contribution in [-0.4, -0.2) is 37.6 Å². The third-order valence-corrected chi connectivity index (χ3v) is 6.72. The fraction of sp³-hybridized carbons (Fsp3) is 1.00. The second kappa shape index (κ2) is 4.73. The molecule has 2 heteroatoms. The van der Waals surface area contributed by atoms with Crippen LogP contribution in [0.5, 0.6) is 0 Å². The van der Waals surface area contributed by atoms with Crippen molar-refractivity contribution in [2.45, 2.75) is 58.9 Å². The fourth-order valence-corrected chi connectivity index (χ4v) is 5.36. The number of fused-ring (bicyclic) bond motifs is 2. The van der Waals surface area contributed by atoms with Crippen LogP contribution in [0.3, 0.4) is 0 Å². The number of likely N-dealkylation sites (tertiary alicyclic amines) is 1. The molecule has 110 valence electrons. The molecule has 0 aromatic rings. The van der Waals surface area contributed by atoms with Gasteiger partial charge in [-0.3, -0.25) is 0 Å². The van der Waals surface area contributed by atoms with E-state index in [-0.39, 0.29) is 0 Å². The molecule has 3 fully saturated rings. The third-order valence-electron chi connectivity index (χ3n) is 6.72. The zero-order chi connectivity index (χ0) is 13.7. The number of hydrogen-bond donors (Lipinski definition) is 1. The summed E-state index contributed by atoms with van der Waals surface area (Å²) in [6, 6.07) is 0.749. The molecule has 3 rings (SSSR count). The molecule has 3 atom stereocenters. The van der Waals surface area contributed by atoms with Crippen molar-refractivity contribution in [2.24, 2.45) is 22.7 Å². The van der Waals surface area contributed by atoms with E-state index in [1.807, 2.05) is 0 Å². The van der Waals surface area contributed by atoms with Gasteiger partial charge in [0.2, 0.25) is 0 Å². The van der Waals surface area contributed by atoms with Gasteiger partial charge in [0.05, 0.1) is 0 Å². The molecule has 0 aromatic heterocycles. The molecule has 2 bridgehead atoms. The summed E-state index contributed by atoms with van der Waals surface area (Å²) in [4.78, 5) is 2.47. The molecule has 0 amide bonds. The van der Waals surface area contributed by atoms with Gasteiger partial charge >= 0.3 is 0 Å². The lowest BCUT2D eigenvalue weighted by Gasteiger charge is -2.44. The monoisotopic (exact) mass is 264 g/mol. The first-order chi connectivity index (χ1) is 8.92. The molecule has 1 N–H and O–H groups in total. The van der Waals surface area contributed by atoms with Crippen LogP contribution in [0.4, 0.5) is 0 Å². The van der Waals surface area contributed by atoms with Gasteiger partial charge in [0.25, 0.3) is 0 Å². The van der Waals surface area contributed by atoms with Gasteiger partial charge in [-0.25, -0.2) is 0 Å². The second-order valence-electron chi connectivity index (χ2n) is 8.50. The number of piperidine rings is 1. The minimum atomic E-state index is 0.512. The van der Waals surface area contributed by atoms with Gasteiger partial charge in [-0.05, 0) is 81.5 Å². The second-order valence-corrected chi connectivity index (χ2v) is 8.50. The predicted octanol–water partition coefficient (Wildman–Crippen LogP) is 3.13. The summed E-state index contributed by atoms with van der Waals surface area (Å²) in [6.07, 6.45) is 7.15. The SMILES string of the molecule is CN1CCC(CNC2C3(C)CCC(C3)C2(C)C)CC1. The lowest BCUT2D eigenvalue weighted by Crippen LogP contribution is -2.52. The molecule has 19 heavy (non-hydrogen) atoms. The average molecular weight is 264 g/mol. The van der Waals surface area contributed by atoms with Gasteiger partial charge in [-0.1, -0.05) is 20.8 Å². The smallest absolute Gasteiger partial charge is 0.0175 e. The van der Waals surface area contributed by atoms with Gasteiger partial charge < -0.3 is 10.2 Å². The van der Waals surface area contributed by atoms with E-state index in [0.29, 0.717) is 10.8 Å².